The highest BCUT2D eigenvalue weighted by molar-refractivity contribution is 5.78. The number of aromatic nitrogens is 5. The second-order valence-electron chi connectivity index (χ2n) is 4.12. The Morgan fingerprint density at radius 3 is 3.00 bits per heavy atom. The zero-order valence-electron chi connectivity index (χ0n) is 10.7. The first kappa shape index (κ1) is 12.1. The topological polar surface area (TPSA) is 94.5 Å². The number of nitrogens with one attached hydrogen (secondary N) is 1. The van der Waals surface area contributed by atoms with E-state index in [4.69, 9.17) is 5.73 Å². The van der Waals surface area contributed by atoms with Gasteiger partial charge in [0.05, 0.1) is 5.52 Å². The summed E-state index contributed by atoms with van der Waals surface area (Å²) in [5, 5.41) is 11.2. The molecule has 100 valence electrons. The van der Waals surface area contributed by atoms with Crippen molar-refractivity contribution in [2.45, 2.75) is 0 Å². The summed E-state index contributed by atoms with van der Waals surface area (Å²) in [4.78, 5) is 8.31. The molecule has 3 N–H and O–H groups in total. The summed E-state index contributed by atoms with van der Waals surface area (Å²) in [7, 11) is 0. The van der Waals surface area contributed by atoms with Gasteiger partial charge < -0.3 is 11.1 Å². The van der Waals surface area contributed by atoms with Crippen molar-refractivity contribution in [1.29, 1.82) is 0 Å². The van der Waals surface area contributed by atoms with Gasteiger partial charge in [0.15, 0.2) is 11.6 Å². The quantitative estimate of drug-likeness (QED) is 0.694. The number of hydrogen-bond donors (Lipinski definition) is 2. The maximum atomic E-state index is 6.10. The summed E-state index contributed by atoms with van der Waals surface area (Å²) in [5.74, 6) is 1.05. The van der Waals surface area contributed by atoms with Gasteiger partial charge >= 0.3 is 0 Å². The number of nitrogen functional groups attached to an aromatic ring is 1. The van der Waals surface area contributed by atoms with Crippen molar-refractivity contribution >= 4 is 22.5 Å². The van der Waals surface area contributed by atoms with Crippen LogP contribution in [-0.2, 0) is 0 Å². The second kappa shape index (κ2) is 4.96. The summed E-state index contributed by atoms with van der Waals surface area (Å²) < 4.78 is 1.60. The van der Waals surface area contributed by atoms with E-state index in [2.05, 4.69) is 32.2 Å². The molecule has 3 rings (SSSR count). The smallest absolute Gasteiger partial charge is 0.184 e. The standard InChI is InChI=1S/C13H13N7/c1-2-7-15-12-11(14)13(17-8-16-12)20-10-6-4-3-5-9(10)18-19-20/h2-6,8H,1,7,14H2,(H,15,16,17). The average Bonchev–Trinajstić information content (AvgIpc) is 2.90. The molecule has 0 aliphatic rings. The minimum Gasteiger partial charge on any atom is -0.393 e. The zero-order chi connectivity index (χ0) is 13.9. The fourth-order valence-electron chi connectivity index (χ4n) is 1.89. The highest BCUT2D eigenvalue weighted by atomic mass is 15.4. The van der Waals surface area contributed by atoms with Gasteiger partial charge in [-0.3, -0.25) is 0 Å². The molecule has 0 radical (unpaired) electrons. The summed E-state index contributed by atoms with van der Waals surface area (Å²) in [5.41, 5.74) is 8.14. The lowest BCUT2D eigenvalue weighted by Crippen LogP contribution is -2.10. The van der Waals surface area contributed by atoms with Gasteiger partial charge in [0, 0.05) is 6.54 Å². The van der Waals surface area contributed by atoms with Crippen molar-refractivity contribution in [3.63, 3.8) is 0 Å². The van der Waals surface area contributed by atoms with E-state index in [1.54, 1.807) is 10.8 Å². The number of hydrogen-bond acceptors (Lipinski definition) is 6. The normalized spacial score (nSPS) is 10.6. The molecule has 2 heterocycles. The lowest BCUT2D eigenvalue weighted by molar-refractivity contribution is 0.800. The molecular formula is C13H13N7. The van der Waals surface area contributed by atoms with Crippen molar-refractivity contribution in [1.82, 2.24) is 25.0 Å². The van der Waals surface area contributed by atoms with Gasteiger partial charge in [0.1, 0.15) is 17.5 Å². The van der Waals surface area contributed by atoms with Gasteiger partial charge in [-0.1, -0.05) is 23.4 Å². The monoisotopic (exact) mass is 267 g/mol. The number of benzene rings is 1. The van der Waals surface area contributed by atoms with Crippen LogP contribution >= 0.6 is 0 Å². The van der Waals surface area contributed by atoms with E-state index in [-0.39, 0.29) is 0 Å². The Bertz CT molecular complexity index is 762. The van der Waals surface area contributed by atoms with Gasteiger partial charge in [-0.25, -0.2) is 9.97 Å². The van der Waals surface area contributed by atoms with Crippen molar-refractivity contribution in [3.8, 4) is 5.82 Å². The summed E-state index contributed by atoms with van der Waals surface area (Å²) in [6.07, 6.45) is 3.17. The fraction of sp³-hybridized carbons (Fsp3) is 0.0769. The Labute approximate surface area is 115 Å². The van der Waals surface area contributed by atoms with Gasteiger partial charge in [-0.15, -0.1) is 11.7 Å². The first-order chi connectivity index (χ1) is 9.81. The van der Waals surface area contributed by atoms with Crippen LogP contribution in [0.1, 0.15) is 0 Å². The fourth-order valence-corrected chi connectivity index (χ4v) is 1.89. The molecule has 0 amide bonds. The van der Waals surface area contributed by atoms with Crippen LogP contribution in [0.5, 0.6) is 0 Å². The van der Waals surface area contributed by atoms with Crippen molar-refractivity contribution in [2.75, 3.05) is 17.6 Å². The average molecular weight is 267 g/mol. The molecule has 0 aliphatic carbocycles. The van der Waals surface area contributed by atoms with Crippen LogP contribution in [0.2, 0.25) is 0 Å². The molecule has 0 atom stereocenters. The molecule has 0 spiro atoms. The van der Waals surface area contributed by atoms with Crippen LogP contribution in [-0.4, -0.2) is 31.5 Å². The Balaban J connectivity index is 2.12. The molecule has 0 unspecified atom stereocenters. The third-order valence-corrected chi connectivity index (χ3v) is 2.83. The third kappa shape index (κ3) is 1.95. The Hall–Kier alpha value is -2.96. The van der Waals surface area contributed by atoms with Crippen LogP contribution < -0.4 is 11.1 Å². The van der Waals surface area contributed by atoms with Crippen LogP contribution in [0.3, 0.4) is 0 Å². The molecule has 20 heavy (non-hydrogen) atoms. The van der Waals surface area contributed by atoms with E-state index in [0.717, 1.165) is 11.0 Å². The molecule has 0 saturated heterocycles. The maximum Gasteiger partial charge on any atom is 0.184 e. The molecule has 2 aromatic heterocycles. The lowest BCUT2D eigenvalue weighted by atomic mass is 10.3. The van der Waals surface area contributed by atoms with Crippen LogP contribution in [0.25, 0.3) is 16.9 Å². The molecule has 0 aliphatic heterocycles. The van der Waals surface area contributed by atoms with Crippen LogP contribution in [0.4, 0.5) is 11.5 Å². The molecule has 0 fully saturated rings. The maximum absolute atomic E-state index is 6.10. The summed E-state index contributed by atoms with van der Waals surface area (Å²) in [6, 6.07) is 7.61. The number of para-hydroxylation sites is 1. The van der Waals surface area contributed by atoms with E-state index in [1.807, 2.05) is 24.3 Å². The third-order valence-electron chi connectivity index (χ3n) is 2.83. The SMILES string of the molecule is C=CCNc1ncnc(-n2nnc3ccccc32)c1N. The number of rotatable bonds is 4. The number of nitrogens with zero attached hydrogens (tertiary/aromatic N) is 5. The van der Waals surface area contributed by atoms with Crippen molar-refractivity contribution in [2.24, 2.45) is 0 Å². The number of nitrogens with two attached hydrogens (primary N) is 1. The molecule has 7 heteroatoms. The first-order valence-electron chi connectivity index (χ1n) is 6.07. The zero-order valence-corrected chi connectivity index (χ0v) is 10.7. The minimum absolute atomic E-state index is 0.421. The van der Waals surface area contributed by atoms with Gasteiger partial charge in [0.25, 0.3) is 0 Å². The predicted octanol–water partition coefficient (Wildman–Crippen LogP) is 1.39. The van der Waals surface area contributed by atoms with E-state index in [9.17, 15) is 0 Å². The highest BCUT2D eigenvalue weighted by Crippen LogP contribution is 2.23. The molecule has 1 aromatic carbocycles. The van der Waals surface area contributed by atoms with E-state index >= 15 is 0 Å². The van der Waals surface area contributed by atoms with E-state index in [1.165, 1.54) is 6.33 Å². The lowest BCUT2D eigenvalue weighted by Gasteiger charge is -2.09. The van der Waals surface area contributed by atoms with Crippen LogP contribution in [0, 0.1) is 0 Å². The minimum atomic E-state index is 0.421. The van der Waals surface area contributed by atoms with Gasteiger partial charge in [-0.2, -0.15) is 4.68 Å². The highest BCUT2D eigenvalue weighted by Gasteiger charge is 2.13. The molecule has 3 aromatic rings. The molecule has 7 nitrogen and oxygen atoms in total. The van der Waals surface area contributed by atoms with E-state index < -0.39 is 0 Å². The number of fused-ring (bicyclic) bond motifs is 1. The van der Waals surface area contributed by atoms with Gasteiger partial charge in [0.2, 0.25) is 0 Å². The van der Waals surface area contributed by atoms with Crippen molar-refractivity contribution in [3.05, 3.63) is 43.2 Å². The summed E-state index contributed by atoms with van der Waals surface area (Å²) >= 11 is 0. The second-order valence-corrected chi connectivity index (χ2v) is 4.12. The Kier molecular flexibility index (Phi) is 3.00. The van der Waals surface area contributed by atoms with Crippen LogP contribution in [0.15, 0.2) is 43.2 Å². The Morgan fingerprint density at radius 2 is 2.15 bits per heavy atom. The summed E-state index contributed by atoms with van der Waals surface area (Å²) in [6.45, 7) is 4.21. The Morgan fingerprint density at radius 1 is 1.30 bits per heavy atom. The largest absolute Gasteiger partial charge is 0.393 e. The molecule has 0 bridgehead atoms. The molecular weight excluding hydrogens is 254 g/mol. The number of anilines is 2. The molecule has 0 saturated carbocycles. The first-order valence-corrected chi connectivity index (χ1v) is 6.07. The van der Waals surface area contributed by atoms with Gasteiger partial charge in [-0.05, 0) is 12.1 Å². The van der Waals surface area contributed by atoms with Crippen molar-refractivity contribution < 1.29 is 0 Å². The van der Waals surface area contributed by atoms with E-state index in [0.29, 0.717) is 23.9 Å². The predicted molar refractivity (Wildman–Crippen MR) is 77.6 cm³/mol.